The lowest BCUT2D eigenvalue weighted by molar-refractivity contribution is 0.0950. The maximum absolute atomic E-state index is 12.1. The summed E-state index contributed by atoms with van der Waals surface area (Å²) in [6.07, 6.45) is 3.10. The van der Waals surface area contributed by atoms with Crippen LogP contribution in [-0.2, 0) is 22.3 Å². The monoisotopic (exact) mass is 347 g/mol. The molecule has 0 radical (unpaired) electrons. The van der Waals surface area contributed by atoms with E-state index >= 15 is 0 Å². The highest BCUT2D eigenvalue weighted by Gasteiger charge is 2.15. The number of sulfonamides is 1. The Bertz CT molecular complexity index is 790. The maximum Gasteiger partial charge on any atom is 0.251 e. The molecule has 0 aliphatic carbocycles. The molecule has 0 bridgehead atoms. The highest BCUT2D eigenvalue weighted by atomic mass is 32.2. The normalized spacial score (nSPS) is 11.5. The van der Waals surface area contributed by atoms with Crippen molar-refractivity contribution in [1.82, 2.24) is 15.0 Å². The first-order valence-electron chi connectivity index (χ1n) is 7.62. The van der Waals surface area contributed by atoms with Gasteiger partial charge in [-0.05, 0) is 37.1 Å². The van der Waals surface area contributed by atoms with Crippen LogP contribution in [0.3, 0.4) is 0 Å². The number of carbonyl (C=O) groups is 1. The van der Waals surface area contributed by atoms with Gasteiger partial charge in [0.15, 0.2) is 0 Å². The van der Waals surface area contributed by atoms with Crippen LogP contribution < -0.4 is 10.0 Å². The van der Waals surface area contributed by atoms with E-state index in [9.17, 15) is 13.2 Å². The largest absolute Gasteiger partial charge is 0.348 e. The Morgan fingerprint density at radius 1 is 1.08 bits per heavy atom. The molecule has 0 saturated carbocycles. The summed E-state index contributed by atoms with van der Waals surface area (Å²) < 4.78 is 26.8. The Morgan fingerprint density at radius 2 is 1.71 bits per heavy atom. The highest BCUT2D eigenvalue weighted by Crippen LogP contribution is 2.13. The van der Waals surface area contributed by atoms with Gasteiger partial charge in [0.25, 0.3) is 5.91 Å². The van der Waals surface area contributed by atoms with Crippen molar-refractivity contribution in [3.8, 4) is 0 Å². The van der Waals surface area contributed by atoms with Gasteiger partial charge >= 0.3 is 0 Å². The molecule has 1 aromatic carbocycles. The van der Waals surface area contributed by atoms with Gasteiger partial charge in [-0.25, -0.2) is 13.1 Å². The maximum atomic E-state index is 12.1. The van der Waals surface area contributed by atoms with Crippen molar-refractivity contribution < 1.29 is 13.2 Å². The molecule has 128 valence electrons. The molecule has 1 heterocycles. The predicted octanol–water partition coefficient (Wildman–Crippen LogP) is 1.84. The topological polar surface area (TPSA) is 88.2 Å². The van der Waals surface area contributed by atoms with Gasteiger partial charge in [-0.2, -0.15) is 0 Å². The van der Waals surface area contributed by atoms with Crippen LogP contribution in [0, 0.1) is 0 Å². The van der Waals surface area contributed by atoms with Crippen LogP contribution in [0.25, 0.3) is 0 Å². The Balaban J connectivity index is 2.08. The van der Waals surface area contributed by atoms with E-state index in [1.54, 1.807) is 50.5 Å². The van der Waals surface area contributed by atoms with Gasteiger partial charge in [0, 0.05) is 30.5 Å². The molecule has 0 atom stereocenters. The Morgan fingerprint density at radius 3 is 2.33 bits per heavy atom. The van der Waals surface area contributed by atoms with E-state index in [0.717, 1.165) is 5.56 Å². The molecule has 0 aliphatic rings. The summed E-state index contributed by atoms with van der Waals surface area (Å²) in [7, 11) is -3.42. The molecule has 2 N–H and O–H groups in total. The Hall–Kier alpha value is -2.25. The highest BCUT2D eigenvalue weighted by molar-refractivity contribution is 7.88. The molecule has 0 unspecified atom stereocenters. The molecule has 7 heteroatoms. The average molecular weight is 347 g/mol. The third kappa shape index (κ3) is 5.43. The number of rotatable bonds is 7. The lowest BCUT2D eigenvalue weighted by Crippen LogP contribution is -2.31. The number of pyridine rings is 1. The van der Waals surface area contributed by atoms with Crippen LogP contribution in [0.5, 0.6) is 0 Å². The van der Waals surface area contributed by atoms with E-state index in [-0.39, 0.29) is 24.2 Å². The SMILES string of the molecule is CC(C)NS(=O)(=O)Cc1ccccc1CNC(=O)c1ccncc1. The fourth-order valence-corrected chi connectivity index (χ4v) is 3.75. The molecule has 24 heavy (non-hydrogen) atoms. The van der Waals surface area contributed by atoms with E-state index in [4.69, 9.17) is 0 Å². The van der Waals surface area contributed by atoms with Gasteiger partial charge in [-0.1, -0.05) is 24.3 Å². The molecule has 0 aliphatic heterocycles. The fourth-order valence-electron chi connectivity index (χ4n) is 2.26. The second-order valence-electron chi connectivity index (χ2n) is 5.72. The molecule has 2 aromatic rings. The smallest absolute Gasteiger partial charge is 0.251 e. The average Bonchev–Trinajstić information content (AvgIpc) is 2.53. The molecule has 1 amide bonds. The third-order valence-electron chi connectivity index (χ3n) is 3.26. The van der Waals surface area contributed by atoms with Crippen molar-refractivity contribution in [2.45, 2.75) is 32.2 Å². The minimum atomic E-state index is -3.42. The van der Waals surface area contributed by atoms with Crippen LogP contribution in [0.1, 0.15) is 35.3 Å². The first kappa shape index (κ1) is 18.1. The van der Waals surface area contributed by atoms with Crippen LogP contribution in [0.4, 0.5) is 0 Å². The number of hydrogen-bond acceptors (Lipinski definition) is 4. The van der Waals surface area contributed by atoms with Crippen molar-refractivity contribution in [2.24, 2.45) is 0 Å². The van der Waals surface area contributed by atoms with Crippen molar-refractivity contribution in [3.05, 3.63) is 65.5 Å². The zero-order valence-corrected chi connectivity index (χ0v) is 14.5. The van der Waals surface area contributed by atoms with Crippen molar-refractivity contribution in [1.29, 1.82) is 0 Å². The summed E-state index contributed by atoms with van der Waals surface area (Å²) in [5.41, 5.74) is 1.95. The van der Waals surface area contributed by atoms with Gasteiger partial charge in [-0.15, -0.1) is 0 Å². The first-order valence-corrected chi connectivity index (χ1v) is 9.27. The summed E-state index contributed by atoms with van der Waals surface area (Å²) in [4.78, 5) is 16.0. The number of nitrogens with one attached hydrogen (secondary N) is 2. The van der Waals surface area contributed by atoms with E-state index in [1.807, 2.05) is 12.1 Å². The molecule has 1 aromatic heterocycles. The zero-order chi connectivity index (χ0) is 17.6. The van der Waals surface area contributed by atoms with Crippen LogP contribution in [0.15, 0.2) is 48.8 Å². The van der Waals surface area contributed by atoms with Crippen LogP contribution in [0.2, 0.25) is 0 Å². The van der Waals surface area contributed by atoms with Gasteiger partial charge < -0.3 is 5.32 Å². The van der Waals surface area contributed by atoms with Gasteiger partial charge in [0.05, 0.1) is 5.75 Å². The second kappa shape index (κ2) is 8.03. The summed E-state index contributed by atoms with van der Waals surface area (Å²) in [5.74, 6) is -0.345. The number of amides is 1. The lowest BCUT2D eigenvalue weighted by atomic mass is 10.1. The number of carbonyl (C=O) groups excluding carboxylic acids is 1. The quantitative estimate of drug-likeness (QED) is 0.800. The summed E-state index contributed by atoms with van der Waals surface area (Å²) >= 11 is 0. The minimum Gasteiger partial charge on any atom is -0.348 e. The molecular formula is C17H21N3O3S. The number of benzene rings is 1. The molecular weight excluding hydrogens is 326 g/mol. The molecule has 0 spiro atoms. The summed E-state index contributed by atoms with van der Waals surface area (Å²) in [5, 5.41) is 2.80. The third-order valence-corrected chi connectivity index (χ3v) is 4.78. The summed E-state index contributed by atoms with van der Waals surface area (Å²) in [6, 6.07) is 10.3. The minimum absolute atomic E-state index is 0.119. The summed E-state index contributed by atoms with van der Waals surface area (Å²) in [6.45, 7) is 3.81. The lowest BCUT2D eigenvalue weighted by Gasteiger charge is -2.13. The molecule has 0 fully saturated rings. The molecule has 6 nitrogen and oxygen atoms in total. The number of hydrogen-bond donors (Lipinski definition) is 2. The predicted molar refractivity (Wildman–Crippen MR) is 92.7 cm³/mol. The van der Waals surface area contributed by atoms with Gasteiger partial charge in [-0.3, -0.25) is 9.78 Å². The standard InChI is InChI=1S/C17H21N3O3S/c1-13(2)20-24(22,23)12-16-6-4-3-5-15(16)11-19-17(21)14-7-9-18-10-8-14/h3-10,13,20H,11-12H2,1-2H3,(H,19,21). The molecule has 0 saturated heterocycles. The van der Waals surface area contributed by atoms with Crippen LogP contribution >= 0.6 is 0 Å². The van der Waals surface area contributed by atoms with Crippen molar-refractivity contribution >= 4 is 15.9 Å². The number of nitrogens with zero attached hydrogens (tertiary/aromatic N) is 1. The van der Waals surface area contributed by atoms with Crippen molar-refractivity contribution in [2.75, 3.05) is 0 Å². The van der Waals surface area contributed by atoms with Gasteiger partial charge in [0.1, 0.15) is 0 Å². The zero-order valence-electron chi connectivity index (χ0n) is 13.7. The van der Waals surface area contributed by atoms with Crippen LogP contribution in [-0.4, -0.2) is 25.4 Å². The van der Waals surface area contributed by atoms with E-state index in [1.165, 1.54) is 0 Å². The van der Waals surface area contributed by atoms with E-state index in [2.05, 4.69) is 15.0 Å². The fraction of sp³-hybridized carbons (Fsp3) is 0.294. The van der Waals surface area contributed by atoms with E-state index in [0.29, 0.717) is 11.1 Å². The van der Waals surface area contributed by atoms with Gasteiger partial charge in [0.2, 0.25) is 10.0 Å². The first-order chi connectivity index (χ1) is 11.4. The van der Waals surface area contributed by atoms with E-state index < -0.39 is 10.0 Å². The Kier molecular flexibility index (Phi) is 6.05. The Labute approximate surface area is 142 Å². The second-order valence-corrected chi connectivity index (χ2v) is 7.47. The molecule has 2 rings (SSSR count). The van der Waals surface area contributed by atoms with Crippen molar-refractivity contribution in [3.63, 3.8) is 0 Å². The number of aromatic nitrogens is 1.